The van der Waals surface area contributed by atoms with Gasteiger partial charge in [0, 0.05) is 5.33 Å². The van der Waals surface area contributed by atoms with Crippen LogP contribution in [0, 0.1) is 5.92 Å². The molecule has 0 aliphatic heterocycles. The number of benzene rings is 1. The topological polar surface area (TPSA) is 18.5 Å². The predicted octanol–water partition coefficient (Wildman–Crippen LogP) is 4.33. The maximum Gasteiger partial charge on any atom is 0.165 e. The van der Waals surface area contributed by atoms with E-state index in [0.717, 1.165) is 17.5 Å². The molecule has 2 nitrogen and oxygen atoms in total. The van der Waals surface area contributed by atoms with E-state index >= 15 is 0 Å². The first-order valence-corrected chi connectivity index (χ1v) is 6.77. The summed E-state index contributed by atoms with van der Waals surface area (Å²) in [5.41, 5.74) is 1.23. The van der Waals surface area contributed by atoms with E-state index < -0.39 is 0 Å². The third-order valence-corrected chi connectivity index (χ3v) is 3.14. The Kier molecular flexibility index (Phi) is 5.85. The van der Waals surface area contributed by atoms with Crippen LogP contribution < -0.4 is 4.89 Å². The summed E-state index contributed by atoms with van der Waals surface area (Å²) >= 11 is 3.40. The molecule has 0 amide bonds. The molecule has 0 saturated heterocycles. The molecule has 1 aromatic carbocycles. The van der Waals surface area contributed by atoms with Crippen LogP contribution in [0.25, 0.3) is 0 Å². The molecule has 0 fully saturated rings. The van der Waals surface area contributed by atoms with E-state index in [1.807, 2.05) is 24.3 Å². The first-order valence-electron chi connectivity index (χ1n) is 5.65. The molecule has 0 radical (unpaired) electrons. The maximum atomic E-state index is 5.40. The van der Waals surface area contributed by atoms with Crippen LogP contribution in [-0.2, 0) is 10.2 Å². The maximum absolute atomic E-state index is 5.40. The minimum Gasteiger partial charge on any atom is -0.337 e. The highest BCUT2D eigenvalue weighted by Crippen LogP contribution is 2.17. The van der Waals surface area contributed by atoms with Crippen molar-refractivity contribution in [1.82, 2.24) is 0 Å². The molecule has 1 aromatic rings. The highest BCUT2D eigenvalue weighted by Gasteiger charge is 2.13. The second-order valence-electron chi connectivity index (χ2n) is 4.15. The number of rotatable bonds is 6. The van der Waals surface area contributed by atoms with Gasteiger partial charge >= 0.3 is 0 Å². The summed E-state index contributed by atoms with van der Waals surface area (Å²) in [6, 6.07) is 7.88. The molecule has 16 heavy (non-hydrogen) atoms. The summed E-state index contributed by atoms with van der Waals surface area (Å²) in [6.07, 6.45) is 1.10. The summed E-state index contributed by atoms with van der Waals surface area (Å²) in [7, 11) is 0. The molecule has 1 unspecified atom stereocenters. The average Bonchev–Trinajstić information content (AvgIpc) is 2.30. The SMILES string of the molecule is CCC(OOc1ccc(CBr)cc1)C(C)C. The first kappa shape index (κ1) is 13.5. The quantitative estimate of drug-likeness (QED) is 0.440. The standard InChI is InChI=1S/C13H19BrO2/c1-4-13(10(2)3)16-15-12-7-5-11(9-14)6-8-12/h5-8,10,13H,4,9H2,1-3H3. The van der Waals surface area contributed by atoms with Gasteiger partial charge in [0.2, 0.25) is 0 Å². The third-order valence-electron chi connectivity index (χ3n) is 2.49. The lowest BCUT2D eigenvalue weighted by Crippen LogP contribution is -2.20. The Labute approximate surface area is 106 Å². The van der Waals surface area contributed by atoms with Crippen molar-refractivity contribution in [2.24, 2.45) is 5.92 Å². The smallest absolute Gasteiger partial charge is 0.165 e. The Morgan fingerprint density at radius 1 is 1.19 bits per heavy atom. The zero-order valence-electron chi connectivity index (χ0n) is 10.1. The fraction of sp³-hybridized carbons (Fsp3) is 0.538. The normalized spacial score (nSPS) is 12.8. The minimum atomic E-state index is 0.149. The molecule has 0 heterocycles. The van der Waals surface area contributed by atoms with Crippen molar-refractivity contribution in [3.8, 4) is 5.75 Å². The molecule has 1 atom stereocenters. The molecule has 0 bridgehead atoms. The summed E-state index contributed by atoms with van der Waals surface area (Å²) < 4.78 is 0. The Hall–Kier alpha value is -0.540. The number of hydrogen-bond donors (Lipinski definition) is 0. The van der Waals surface area contributed by atoms with Crippen molar-refractivity contribution in [2.45, 2.75) is 38.6 Å². The van der Waals surface area contributed by atoms with Crippen LogP contribution in [0.2, 0.25) is 0 Å². The van der Waals surface area contributed by atoms with Gasteiger partial charge in [-0.3, -0.25) is 0 Å². The molecule has 0 N–H and O–H groups in total. The van der Waals surface area contributed by atoms with Crippen LogP contribution in [-0.4, -0.2) is 6.10 Å². The summed E-state index contributed by atoms with van der Waals surface area (Å²) in [6.45, 7) is 6.36. The van der Waals surface area contributed by atoms with Gasteiger partial charge in [0.1, 0.15) is 6.10 Å². The highest BCUT2D eigenvalue weighted by molar-refractivity contribution is 9.08. The van der Waals surface area contributed by atoms with Gasteiger partial charge in [-0.2, -0.15) is 4.89 Å². The second kappa shape index (κ2) is 6.92. The zero-order valence-corrected chi connectivity index (χ0v) is 11.7. The van der Waals surface area contributed by atoms with Gasteiger partial charge in [0.25, 0.3) is 0 Å². The van der Waals surface area contributed by atoms with E-state index in [9.17, 15) is 0 Å². The largest absolute Gasteiger partial charge is 0.337 e. The molecule has 0 aliphatic carbocycles. The van der Waals surface area contributed by atoms with Crippen molar-refractivity contribution in [1.29, 1.82) is 0 Å². The fourth-order valence-electron chi connectivity index (χ4n) is 1.40. The van der Waals surface area contributed by atoms with Crippen molar-refractivity contribution in [3.63, 3.8) is 0 Å². The van der Waals surface area contributed by atoms with Gasteiger partial charge in [0.15, 0.2) is 5.75 Å². The molecule has 0 saturated carbocycles. The van der Waals surface area contributed by atoms with Gasteiger partial charge in [-0.1, -0.05) is 48.8 Å². The number of halogens is 1. The van der Waals surface area contributed by atoms with Crippen LogP contribution in [0.4, 0.5) is 0 Å². The van der Waals surface area contributed by atoms with Crippen LogP contribution in [0.15, 0.2) is 24.3 Å². The Bertz CT molecular complexity index is 295. The number of alkyl halides is 1. The summed E-state index contributed by atoms with van der Waals surface area (Å²) in [4.78, 5) is 10.7. The van der Waals surface area contributed by atoms with E-state index in [-0.39, 0.29) is 6.10 Å². The van der Waals surface area contributed by atoms with Gasteiger partial charge in [0.05, 0.1) is 0 Å². The van der Waals surface area contributed by atoms with Crippen LogP contribution in [0.5, 0.6) is 5.75 Å². The van der Waals surface area contributed by atoms with E-state index in [1.165, 1.54) is 5.56 Å². The zero-order chi connectivity index (χ0) is 12.0. The van der Waals surface area contributed by atoms with E-state index in [4.69, 9.17) is 9.78 Å². The van der Waals surface area contributed by atoms with Gasteiger partial charge < -0.3 is 4.89 Å². The molecule has 0 spiro atoms. The second-order valence-corrected chi connectivity index (χ2v) is 4.71. The molecule has 0 aliphatic rings. The average molecular weight is 287 g/mol. The molecule has 0 aromatic heterocycles. The van der Waals surface area contributed by atoms with Gasteiger partial charge in [-0.25, -0.2) is 0 Å². The van der Waals surface area contributed by atoms with Crippen LogP contribution in [0.1, 0.15) is 32.8 Å². The lowest BCUT2D eigenvalue weighted by molar-refractivity contribution is -0.255. The van der Waals surface area contributed by atoms with Crippen molar-refractivity contribution in [3.05, 3.63) is 29.8 Å². The first-order chi connectivity index (χ1) is 7.67. The molecule has 1 rings (SSSR count). The summed E-state index contributed by atoms with van der Waals surface area (Å²) in [5.74, 6) is 1.22. The van der Waals surface area contributed by atoms with E-state index in [2.05, 4.69) is 36.7 Å². The fourth-order valence-corrected chi connectivity index (χ4v) is 1.78. The molecular weight excluding hydrogens is 268 g/mol. The highest BCUT2D eigenvalue weighted by atomic mass is 79.9. The lowest BCUT2D eigenvalue weighted by atomic mass is 10.1. The van der Waals surface area contributed by atoms with Gasteiger partial charge in [-0.05, 0) is 30.0 Å². The minimum absolute atomic E-state index is 0.149. The van der Waals surface area contributed by atoms with E-state index in [1.54, 1.807) is 0 Å². The van der Waals surface area contributed by atoms with Crippen molar-refractivity contribution in [2.75, 3.05) is 0 Å². The third kappa shape index (κ3) is 4.14. The Morgan fingerprint density at radius 3 is 2.25 bits per heavy atom. The number of hydrogen-bond acceptors (Lipinski definition) is 2. The molecule has 3 heteroatoms. The predicted molar refractivity (Wildman–Crippen MR) is 69.7 cm³/mol. The summed E-state index contributed by atoms with van der Waals surface area (Å²) in [5, 5.41) is 0.859. The monoisotopic (exact) mass is 286 g/mol. The van der Waals surface area contributed by atoms with Crippen molar-refractivity contribution >= 4 is 15.9 Å². The van der Waals surface area contributed by atoms with Crippen LogP contribution in [0.3, 0.4) is 0 Å². The molecule has 90 valence electrons. The van der Waals surface area contributed by atoms with Crippen molar-refractivity contribution < 1.29 is 9.78 Å². The molecular formula is C13H19BrO2. The lowest BCUT2D eigenvalue weighted by Gasteiger charge is -2.18. The Morgan fingerprint density at radius 2 is 1.81 bits per heavy atom. The van der Waals surface area contributed by atoms with Crippen LogP contribution >= 0.6 is 15.9 Å². The van der Waals surface area contributed by atoms with E-state index in [0.29, 0.717) is 5.92 Å². The Balaban J connectivity index is 2.47. The van der Waals surface area contributed by atoms with Gasteiger partial charge in [-0.15, -0.1) is 0 Å².